The van der Waals surface area contributed by atoms with Gasteiger partial charge in [-0.05, 0) is 49.4 Å². The van der Waals surface area contributed by atoms with Crippen molar-refractivity contribution in [3.8, 4) is 0 Å². The quantitative estimate of drug-likeness (QED) is 0.583. The molecule has 1 saturated carbocycles. The molecule has 0 saturated heterocycles. The van der Waals surface area contributed by atoms with Gasteiger partial charge in [-0.3, -0.25) is 4.79 Å². The third kappa shape index (κ3) is 4.47. The molecule has 0 radical (unpaired) electrons. The molecule has 3 aromatic heterocycles. The summed E-state index contributed by atoms with van der Waals surface area (Å²) in [6.07, 6.45) is 0.638. The number of aromatic nitrogens is 4. The molecule has 10 heteroatoms. The lowest BCUT2D eigenvalue weighted by molar-refractivity contribution is 0.0726. The van der Waals surface area contributed by atoms with Crippen LogP contribution in [0.5, 0.6) is 0 Å². The Balaban J connectivity index is 1.43. The molecule has 33 heavy (non-hydrogen) atoms. The summed E-state index contributed by atoms with van der Waals surface area (Å²) in [5.41, 5.74) is 9.60. The van der Waals surface area contributed by atoms with E-state index in [1.807, 2.05) is 6.92 Å². The highest BCUT2D eigenvalue weighted by Gasteiger charge is 2.30. The minimum Gasteiger partial charge on any atom is -0.383 e. The van der Waals surface area contributed by atoms with Crippen LogP contribution in [0.4, 0.5) is 14.6 Å². The molecular formula is C23H24F2N6O2. The van der Waals surface area contributed by atoms with Gasteiger partial charge in [0.1, 0.15) is 11.5 Å². The Morgan fingerprint density at radius 1 is 1.27 bits per heavy atom. The second-order valence-corrected chi connectivity index (χ2v) is 8.67. The number of anilines is 1. The van der Waals surface area contributed by atoms with Crippen LogP contribution in [-0.4, -0.2) is 43.9 Å². The van der Waals surface area contributed by atoms with Crippen LogP contribution in [0.1, 0.15) is 58.9 Å². The fraction of sp³-hybridized carbons (Fsp3) is 0.435. The van der Waals surface area contributed by atoms with Crippen LogP contribution in [-0.2, 0) is 24.3 Å². The van der Waals surface area contributed by atoms with Crippen LogP contribution in [0, 0.1) is 5.92 Å². The molecule has 3 aromatic rings. The maximum absolute atomic E-state index is 13.4. The summed E-state index contributed by atoms with van der Waals surface area (Å²) < 4.78 is 30.9. The molecule has 0 bridgehead atoms. The molecule has 8 nitrogen and oxygen atoms in total. The molecule has 2 aliphatic rings. The number of alkyl halides is 2. The Kier molecular flexibility index (Phi) is 5.61. The van der Waals surface area contributed by atoms with Gasteiger partial charge in [0.2, 0.25) is 6.43 Å². The van der Waals surface area contributed by atoms with Gasteiger partial charge in [-0.15, -0.1) is 0 Å². The number of fused-ring (bicyclic) bond motifs is 3. The number of halogens is 2. The number of nitrogens with two attached hydrogens (primary N) is 1. The van der Waals surface area contributed by atoms with Gasteiger partial charge in [-0.1, -0.05) is 0 Å². The fourth-order valence-electron chi connectivity index (χ4n) is 4.21. The molecule has 1 aliphatic carbocycles. The van der Waals surface area contributed by atoms with E-state index in [0.717, 1.165) is 29.4 Å². The van der Waals surface area contributed by atoms with Crippen LogP contribution in [0.3, 0.4) is 0 Å². The van der Waals surface area contributed by atoms with Gasteiger partial charge >= 0.3 is 0 Å². The van der Waals surface area contributed by atoms with Gasteiger partial charge in [-0.2, -0.15) is 10.2 Å². The van der Waals surface area contributed by atoms with Gasteiger partial charge in [0.15, 0.2) is 0 Å². The van der Waals surface area contributed by atoms with Crippen LogP contribution in [0.2, 0.25) is 0 Å². The lowest BCUT2D eigenvalue weighted by Gasteiger charge is -2.22. The van der Waals surface area contributed by atoms with E-state index in [9.17, 15) is 13.6 Å². The highest BCUT2D eigenvalue weighted by molar-refractivity contribution is 5.97. The van der Waals surface area contributed by atoms with E-state index in [1.165, 1.54) is 6.07 Å². The summed E-state index contributed by atoms with van der Waals surface area (Å²) in [6.45, 7) is 3.14. The number of nitrogen functional groups attached to an aromatic ring is 1. The van der Waals surface area contributed by atoms with Crippen molar-refractivity contribution in [2.24, 2.45) is 5.92 Å². The number of pyridine rings is 2. The zero-order chi connectivity index (χ0) is 23.1. The number of carbonyl (C=O) groups is 1. The molecule has 1 fully saturated rings. The Morgan fingerprint density at radius 2 is 2.03 bits per heavy atom. The maximum atomic E-state index is 13.4. The first-order valence-electron chi connectivity index (χ1n) is 11.0. The summed E-state index contributed by atoms with van der Waals surface area (Å²) in [6, 6.07) is 4.93. The average Bonchev–Trinajstić information content (AvgIpc) is 3.52. The third-order valence-corrected chi connectivity index (χ3v) is 6.11. The van der Waals surface area contributed by atoms with Crippen LogP contribution >= 0.6 is 0 Å². The Hall–Kier alpha value is -3.27. The summed E-state index contributed by atoms with van der Waals surface area (Å²) in [7, 11) is 0. The number of amides is 1. The standard InChI is InChI=1S/C23H24F2N6O2/c1-12-21-17(11-33-12)16-7-18(27-8-19(16)28-22(21)26)23(32)31(9-13-2-3-13)10-15-5-4-14(29-30-15)6-20(24)25/h4-5,7-8,12-13,20H,2-3,6,9-11H2,1H3,(H2,26,28)/t12-/m0/s1. The second kappa shape index (κ2) is 8.58. The molecule has 1 amide bonds. The zero-order valence-corrected chi connectivity index (χ0v) is 18.2. The zero-order valence-electron chi connectivity index (χ0n) is 18.2. The van der Waals surface area contributed by atoms with Crippen molar-refractivity contribution in [3.05, 3.63) is 52.6 Å². The molecule has 2 N–H and O–H groups in total. The van der Waals surface area contributed by atoms with Crippen LogP contribution < -0.4 is 5.73 Å². The van der Waals surface area contributed by atoms with E-state index in [1.54, 1.807) is 23.2 Å². The molecule has 5 rings (SSSR count). The van der Waals surface area contributed by atoms with Gasteiger partial charge in [-0.25, -0.2) is 18.7 Å². The summed E-state index contributed by atoms with van der Waals surface area (Å²) >= 11 is 0. The van der Waals surface area contributed by atoms with Crippen molar-refractivity contribution in [3.63, 3.8) is 0 Å². The highest BCUT2D eigenvalue weighted by atomic mass is 19.3. The molecule has 0 aromatic carbocycles. The van der Waals surface area contributed by atoms with Crippen molar-refractivity contribution in [1.82, 2.24) is 25.1 Å². The molecule has 1 aliphatic heterocycles. The summed E-state index contributed by atoms with van der Waals surface area (Å²) in [5, 5.41) is 8.74. The first-order chi connectivity index (χ1) is 15.9. The predicted octanol–water partition coefficient (Wildman–Crippen LogP) is 3.45. The largest absolute Gasteiger partial charge is 0.383 e. The van der Waals surface area contributed by atoms with Crippen molar-refractivity contribution in [2.45, 2.75) is 51.9 Å². The van der Waals surface area contributed by atoms with E-state index >= 15 is 0 Å². The number of hydrogen-bond donors (Lipinski definition) is 1. The van der Waals surface area contributed by atoms with Gasteiger partial charge in [0.25, 0.3) is 5.91 Å². The third-order valence-electron chi connectivity index (χ3n) is 6.11. The van der Waals surface area contributed by atoms with Crippen LogP contribution in [0.15, 0.2) is 24.4 Å². The number of nitrogens with zero attached hydrogens (tertiary/aromatic N) is 5. The number of carbonyl (C=O) groups excluding carboxylic acids is 1. The molecule has 4 heterocycles. The van der Waals surface area contributed by atoms with Gasteiger partial charge < -0.3 is 15.4 Å². The Morgan fingerprint density at radius 3 is 2.73 bits per heavy atom. The normalized spacial score (nSPS) is 17.5. The number of hydrogen-bond acceptors (Lipinski definition) is 7. The number of rotatable bonds is 7. The van der Waals surface area contributed by atoms with E-state index in [4.69, 9.17) is 10.5 Å². The van der Waals surface area contributed by atoms with E-state index in [-0.39, 0.29) is 24.2 Å². The monoisotopic (exact) mass is 454 g/mol. The van der Waals surface area contributed by atoms with Crippen molar-refractivity contribution < 1.29 is 18.3 Å². The average molecular weight is 454 g/mol. The predicted molar refractivity (Wildman–Crippen MR) is 116 cm³/mol. The molecular weight excluding hydrogens is 430 g/mol. The lowest BCUT2D eigenvalue weighted by Crippen LogP contribution is -2.33. The van der Waals surface area contributed by atoms with Crippen LogP contribution in [0.25, 0.3) is 10.9 Å². The molecule has 0 unspecified atom stereocenters. The fourth-order valence-corrected chi connectivity index (χ4v) is 4.21. The lowest BCUT2D eigenvalue weighted by atomic mass is 10.0. The smallest absolute Gasteiger partial charge is 0.272 e. The van der Waals surface area contributed by atoms with Crippen molar-refractivity contribution >= 4 is 22.6 Å². The molecule has 1 atom stereocenters. The molecule has 172 valence electrons. The van der Waals surface area contributed by atoms with Gasteiger partial charge in [0, 0.05) is 17.5 Å². The maximum Gasteiger partial charge on any atom is 0.272 e. The van der Waals surface area contributed by atoms with Crippen molar-refractivity contribution in [2.75, 3.05) is 12.3 Å². The first-order valence-corrected chi connectivity index (χ1v) is 11.0. The Labute approximate surface area is 189 Å². The minimum atomic E-state index is -2.48. The highest BCUT2D eigenvalue weighted by Crippen LogP contribution is 2.38. The summed E-state index contributed by atoms with van der Waals surface area (Å²) in [5.74, 6) is 0.646. The number of ether oxygens (including phenoxy) is 1. The molecule has 0 spiro atoms. The Bertz CT molecular complexity index is 1200. The minimum absolute atomic E-state index is 0.151. The van der Waals surface area contributed by atoms with E-state index < -0.39 is 12.8 Å². The first kappa shape index (κ1) is 21.6. The second-order valence-electron chi connectivity index (χ2n) is 8.67. The summed E-state index contributed by atoms with van der Waals surface area (Å²) in [4.78, 5) is 23.9. The van der Waals surface area contributed by atoms with E-state index in [2.05, 4.69) is 20.2 Å². The SMILES string of the molecule is C[C@@H]1OCc2c1c(N)nc1cnc(C(=O)N(Cc3ccc(CC(F)F)nn3)CC3CC3)cc21. The van der Waals surface area contributed by atoms with E-state index in [0.29, 0.717) is 41.8 Å². The topological polar surface area (TPSA) is 107 Å². The van der Waals surface area contributed by atoms with Crippen molar-refractivity contribution in [1.29, 1.82) is 0 Å². The van der Waals surface area contributed by atoms with Gasteiger partial charge in [0.05, 0.1) is 48.8 Å².